The van der Waals surface area contributed by atoms with Crippen molar-refractivity contribution in [1.29, 1.82) is 0 Å². The van der Waals surface area contributed by atoms with Crippen molar-refractivity contribution in [3.05, 3.63) is 35.4 Å². The molecule has 1 aliphatic rings. The minimum absolute atomic E-state index is 0.178. The molecule has 6 heteroatoms. The molecule has 26 heavy (non-hydrogen) atoms. The zero-order chi connectivity index (χ0) is 19.5. The third-order valence-corrected chi connectivity index (χ3v) is 5.96. The van der Waals surface area contributed by atoms with E-state index in [1.165, 1.54) is 5.56 Å². The van der Waals surface area contributed by atoms with Crippen LogP contribution in [0.25, 0.3) is 0 Å². The molecule has 0 bridgehead atoms. The molecule has 0 radical (unpaired) electrons. The molecule has 4 atom stereocenters. The standard InChI is InChI=1S/C20H29NO4S/c1-13(2)17-7-5-16(6-8-17)11-25-18-9-15(4)21(10-18,20(23)24)19(22)14(3)12-26/h5-8,13-15,18H,9-12H2,1-4H3,(H-,23,24,26)/p+1/t14-,15?,18-,21?/m1/s1. The van der Waals surface area contributed by atoms with Crippen LogP contribution in [0.3, 0.4) is 0 Å². The van der Waals surface area contributed by atoms with E-state index < -0.39 is 16.5 Å². The van der Waals surface area contributed by atoms with Crippen LogP contribution in [0.4, 0.5) is 4.79 Å². The number of ether oxygens (including phenoxy) is 1. The number of hydrogen-bond acceptors (Lipinski definition) is 4. The molecule has 0 aromatic heterocycles. The molecule has 1 heterocycles. The maximum absolute atomic E-state index is 12.8. The molecule has 1 saturated heterocycles. The summed E-state index contributed by atoms with van der Waals surface area (Å²) in [6.45, 7) is 8.45. The fourth-order valence-corrected chi connectivity index (χ4v) is 3.77. The number of carboxylic acid groups (broad SMARTS) is 1. The summed E-state index contributed by atoms with van der Waals surface area (Å²) < 4.78 is 5.42. The largest absolute Gasteiger partial charge is 0.521 e. The van der Waals surface area contributed by atoms with Gasteiger partial charge in [-0.1, -0.05) is 38.1 Å². The highest BCUT2D eigenvalue weighted by atomic mass is 32.1. The van der Waals surface area contributed by atoms with Crippen molar-refractivity contribution < 1.29 is 23.9 Å². The summed E-state index contributed by atoms with van der Waals surface area (Å²) in [7, 11) is 0. The van der Waals surface area contributed by atoms with Gasteiger partial charge in [-0.25, -0.2) is 4.79 Å². The summed E-state index contributed by atoms with van der Waals surface area (Å²) in [4.78, 5) is 24.7. The number of carbonyl (C=O) groups is 2. The maximum atomic E-state index is 12.8. The lowest BCUT2D eigenvalue weighted by Gasteiger charge is -2.31. The number of carbonyl (C=O) groups excluding carboxylic acids is 1. The lowest BCUT2D eigenvalue weighted by atomic mass is 10.0. The molecule has 1 aliphatic heterocycles. The highest BCUT2D eigenvalue weighted by molar-refractivity contribution is 7.80. The highest BCUT2D eigenvalue weighted by Crippen LogP contribution is 2.32. The second kappa shape index (κ2) is 8.55. The second-order valence-corrected chi connectivity index (χ2v) is 8.03. The van der Waals surface area contributed by atoms with Crippen LogP contribution in [0.2, 0.25) is 0 Å². The Balaban J connectivity index is 2.06. The molecule has 0 aliphatic carbocycles. The first-order valence-electron chi connectivity index (χ1n) is 9.19. The van der Waals surface area contributed by atoms with Gasteiger partial charge in [0.2, 0.25) is 0 Å². The SMILES string of the molecule is CC(C)c1ccc(CO[C@@H]2CC(C)[N+](C(=O)O)(C(=O)[C@H](C)CS)C2)cc1. The number of quaternary nitrogens is 1. The Morgan fingerprint density at radius 3 is 2.38 bits per heavy atom. The van der Waals surface area contributed by atoms with Gasteiger partial charge in [0.1, 0.15) is 18.7 Å². The molecule has 144 valence electrons. The summed E-state index contributed by atoms with van der Waals surface area (Å²) in [5.41, 5.74) is 2.33. The van der Waals surface area contributed by atoms with E-state index in [-0.39, 0.29) is 24.6 Å². The fourth-order valence-electron chi connectivity index (χ4n) is 3.61. The van der Waals surface area contributed by atoms with Crippen molar-refractivity contribution in [2.45, 2.75) is 58.8 Å². The van der Waals surface area contributed by atoms with Crippen LogP contribution >= 0.6 is 12.6 Å². The van der Waals surface area contributed by atoms with Gasteiger partial charge in [0.05, 0.1) is 12.5 Å². The molecule has 2 rings (SSSR count). The minimum Gasteiger partial charge on any atom is -0.435 e. The van der Waals surface area contributed by atoms with Crippen LogP contribution in [0.15, 0.2) is 24.3 Å². The Bertz CT molecular complexity index is 646. The van der Waals surface area contributed by atoms with E-state index in [1.807, 2.05) is 19.1 Å². The molecule has 1 fully saturated rings. The summed E-state index contributed by atoms with van der Waals surface area (Å²) in [6.07, 6.45) is -0.785. The Morgan fingerprint density at radius 2 is 1.88 bits per heavy atom. The van der Waals surface area contributed by atoms with Crippen LogP contribution in [0.5, 0.6) is 0 Å². The smallest absolute Gasteiger partial charge is 0.435 e. The fraction of sp³-hybridized carbons (Fsp3) is 0.600. The quantitative estimate of drug-likeness (QED) is 0.577. The van der Waals surface area contributed by atoms with Crippen LogP contribution in [0.1, 0.15) is 51.2 Å². The van der Waals surface area contributed by atoms with Crippen molar-refractivity contribution in [2.75, 3.05) is 12.3 Å². The number of likely N-dealkylation sites (tertiary alicyclic amines) is 1. The molecule has 2 amide bonds. The first kappa shape index (κ1) is 20.9. The van der Waals surface area contributed by atoms with Gasteiger partial charge in [-0.05, 0) is 30.9 Å². The van der Waals surface area contributed by atoms with E-state index in [9.17, 15) is 14.7 Å². The lowest BCUT2D eigenvalue weighted by Crippen LogP contribution is -2.61. The van der Waals surface area contributed by atoms with Crippen molar-refractivity contribution in [1.82, 2.24) is 0 Å². The summed E-state index contributed by atoms with van der Waals surface area (Å²) in [6, 6.07) is 7.96. The van der Waals surface area contributed by atoms with Gasteiger partial charge in [-0.15, -0.1) is 0 Å². The van der Waals surface area contributed by atoms with Crippen molar-refractivity contribution in [2.24, 2.45) is 5.92 Å². The molecular weight excluding hydrogens is 350 g/mol. The van der Waals surface area contributed by atoms with Crippen molar-refractivity contribution in [3.8, 4) is 0 Å². The van der Waals surface area contributed by atoms with E-state index in [1.54, 1.807) is 6.92 Å². The average Bonchev–Trinajstić information content (AvgIpc) is 2.96. The zero-order valence-corrected chi connectivity index (χ0v) is 16.9. The van der Waals surface area contributed by atoms with Gasteiger partial charge in [0, 0.05) is 12.2 Å². The zero-order valence-electron chi connectivity index (χ0n) is 16.0. The van der Waals surface area contributed by atoms with E-state index in [0.29, 0.717) is 24.7 Å². The molecular formula is C20H30NO4S+. The molecule has 1 aromatic carbocycles. The topological polar surface area (TPSA) is 63.6 Å². The monoisotopic (exact) mass is 380 g/mol. The van der Waals surface area contributed by atoms with E-state index in [0.717, 1.165) is 5.56 Å². The predicted octanol–water partition coefficient (Wildman–Crippen LogP) is 4.07. The summed E-state index contributed by atoms with van der Waals surface area (Å²) >= 11 is 4.16. The number of imide groups is 1. The summed E-state index contributed by atoms with van der Waals surface area (Å²) in [5.74, 6) is 0.132. The van der Waals surface area contributed by atoms with Gasteiger partial charge >= 0.3 is 12.0 Å². The number of amides is 2. The summed E-state index contributed by atoms with van der Waals surface area (Å²) in [5, 5.41) is 9.81. The van der Waals surface area contributed by atoms with Crippen molar-refractivity contribution in [3.63, 3.8) is 0 Å². The van der Waals surface area contributed by atoms with Crippen LogP contribution < -0.4 is 0 Å². The first-order valence-corrected chi connectivity index (χ1v) is 9.82. The first-order chi connectivity index (χ1) is 12.2. The predicted molar refractivity (Wildman–Crippen MR) is 104 cm³/mol. The van der Waals surface area contributed by atoms with Crippen LogP contribution in [-0.2, 0) is 16.1 Å². The average molecular weight is 381 g/mol. The Hall–Kier alpha value is -1.37. The Morgan fingerprint density at radius 1 is 1.27 bits per heavy atom. The van der Waals surface area contributed by atoms with Gasteiger partial charge in [0.15, 0.2) is 0 Å². The number of rotatable bonds is 6. The van der Waals surface area contributed by atoms with Gasteiger partial charge in [0.25, 0.3) is 0 Å². The van der Waals surface area contributed by atoms with E-state index in [2.05, 4.69) is 38.6 Å². The molecule has 1 aromatic rings. The number of hydrogen-bond donors (Lipinski definition) is 2. The highest BCUT2D eigenvalue weighted by Gasteiger charge is 2.57. The van der Waals surface area contributed by atoms with E-state index in [4.69, 9.17) is 4.74 Å². The van der Waals surface area contributed by atoms with Crippen molar-refractivity contribution >= 4 is 24.6 Å². The Kier molecular flexibility index (Phi) is 6.88. The molecule has 0 spiro atoms. The number of thiol groups is 1. The molecule has 0 saturated carbocycles. The molecule has 5 nitrogen and oxygen atoms in total. The third kappa shape index (κ3) is 4.13. The van der Waals surface area contributed by atoms with Crippen LogP contribution in [-0.4, -0.2) is 46.0 Å². The van der Waals surface area contributed by atoms with Gasteiger partial charge in [-0.3, -0.25) is 0 Å². The van der Waals surface area contributed by atoms with E-state index >= 15 is 0 Å². The lowest BCUT2D eigenvalue weighted by molar-refractivity contribution is -0.795. The van der Waals surface area contributed by atoms with Gasteiger partial charge < -0.3 is 9.84 Å². The third-order valence-electron chi connectivity index (χ3n) is 5.41. The number of benzene rings is 1. The van der Waals surface area contributed by atoms with Crippen LogP contribution in [0, 0.1) is 5.92 Å². The Labute approximate surface area is 161 Å². The van der Waals surface area contributed by atoms with Gasteiger partial charge in [-0.2, -0.15) is 21.9 Å². The second-order valence-electron chi connectivity index (χ2n) is 7.67. The molecule has 2 unspecified atom stereocenters. The molecule has 1 N–H and O–H groups in total. The maximum Gasteiger partial charge on any atom is 0.521 e. The normalized spacial score (nSPS) is 26.8. The minimum atomic E-state index is -1.09. The number of nitrogens with zero attached hydrogens (tertiary/aromatic N) is 1.